The molecule has 0 amide bonds. The first kappa shape index (κ1) is 14.0. The van der Waals surface area contributed by atoms with Crippen molar-refractivity contribution >= 4 is 0 Å². The fraction of sp³-hybridized carbons (Fsp3) is 0.857. The van der Waals surface area contributed by atoms with Crippen LogP contribution in [-0.4, -0.2) is 39.0 Å². The van der Waals surface area contributed by atoms with Gasteiger partial charge in [-0.2, -0.15) is 0 Å². The first-order valence-electron chi connectivity index (χ1n) is 7.06. The summed E-state index contributed by atoms with van der Waals surface area (Å²) in [6, 6.07) is 0. The van der Waals surface area contributed by atoms with Gasteiger partial charge in [0.25, 0.3) is 0 Å². The second-order valence-corrected chi connectivity index (χ2v) is 4.73. The van der Waals surface area contributed by atoms with Crippen LogP contribution in [0.4, 0.5) is 0 Å². The molecule has 0 saturated carbocycles. The Kier molecular flexibility index (Phi) is 6.72. The molecule has 2 fully saturated rings. The molecule has 4 nitrogen and oxygen atoms in total. The third-order valence-electron chi connectivity index (χ3n) is 3.20. The SMILES string of the molecule is C(=CCOC1CCCCO1)COC1CCCCO1. The highest BCUT2D eigenvalue weighted by atomic mass is 16.7. The highest BCUT2D eigenvalue weighted by Crippen LogP contribution is 2.14. The average molecular weight is 256 g/mol. The van der Waals surface area contributed by atoms with E-state index in [2.05, 4.69) is 0 Å². The van der Waals surface area contributed by atoms with E-state index < -0.39 is 0 Å². The highest BCUT2D eigenvalue weighted by Gasteiger charge is 2.13. The molecule has 0 spiro atoms. The van der Waals surface area contributed by atoms with Gasteiger partial charge < -0.3 is 18.9 Å². The van der Waals surface area contributed by atoms with Crippen LogP contribution in [-0.2, 0) is 18.9 Å². The fourth-order valence-corrected chi connectivity index (χ4v) is 2.15. The van der Waals surface area contributed by atoms with Crippen LogP contribution in [0.3, 0.4) is 0 Å². The molecule has 0 aliphatic carbocycles. The smallest absolute Gasteiger partial charge is 0.157 e. The molecule has 2 rings (SSSR count). The van der Waals surface area contributed by atoms with Gasteiger partial charge in [0.1, 0.15) is 0 Å². The molecule has 104 valence electrons. The van der Waals surface area contributed by atoms with Crippen LogP contribution in [0.5, 0.6) is 0 Å². The Morgan fingerprint density at radius 2 is 1.28 bits per heavy atom. The fourth-order valence-electron chi connectivity index (χ4n) is 2.15. The molecule has 2 heterocycles. The van der Waals surface area contributed by atoms with Crippen molar-refractivity contribution in [3.63, 3.8) is 0 Å². The number of ether oxygens (including phenoxy) is 4. The summed E-state index contributed by atoms with van der Waals surface area (Å²) >= 11 is 0. The normalized spacial score (nSPS) is 29.8. The van der Waals surface area contributed by atoms with E-state index in [1.54, 1.807) is 0 Å². The molecule has 2 saturated heterocycles. The second kappa shape index (κ2) is 8.64. The maximum atomic E-state index is 5.58. The molecular formula is C14H24O4. The van der Waals surface area contributed by atoms with Crippen molar-refractivity contribution in [3.05, 3.63) is 12.2 Å². The molecule has 0 aromatic heterocycles. The van der Waals surface area contributed by atoms with Crippen LogP contribution in [0, 0.1) is 0 Å². The van der Waals surface area contributed by atoms with Gasteiger partial charge in [0.05, 0.1) is 13.2 Å². The lowest BCUT2D eigenvalue weighted by atomic mass is 10.2. The number of hydrogen-bond donors (Lipinski definition) is 0. The minimum absolute atomic E-state index is 0.00834. The largest absolute Gasteiger partial charge is 0.353 e. The summed E-state index contributed by atoms with van der Waals surface area (Å²) in [6.07, 6.45) is 10.7. The zero-order chi connectivity index (χ0) is 12.5. The van der Waals surface area contributed by atoms with Crippen molar-refractivity contribution in [2.75, 3.05) is 26.4 Å². The van der Waals surface area contributed by atoms with E-state index >= 15 is 0 Å². The Morgan fingerprint density at radius 1 is 0.778 bits per heavy atom. The van der Waals surface area contributed by atoms with Crippen molar-refractivity contribution in [1.29, 1.82) is 0 Å². The summed E-state index contributed by atoms with van der Waals surface area (Å²) in [6.45, 7) is 2.85. The Labute approximate surface area is 109 Å². The van der Waals surface area contributed by atoms with Gasteiger partial charge in [-0.25, -0.2) is 0 Å². The van der Waals surface area contributed by atoms with Crippen molar-refractivity contribution in [2.45, 2.75) is 51.1 Å². The zero-order valence-electron chi connectivity index (χ0n) is 11.0. The summed E-state index contributed by atoms with van der Waals surface area (Å²) in [7, 11) is 0. The van der Waals surface area contributed by atoms with Gasteiger partial charge in [0, 0.05) is 13.2 Å². The lowest BCUT2D eigenvalue weighted by Gasteiger charge is -2.22. The lowest BCUT2D eigenvalue weighted by molar-refractivity contribution is -0.157. The van der Waals surface area contributed by atoms with E-state index in [-0.39, 0.29) is 12.6 Å². The molecule has 18 heavy (non-hydrogen) atoms. The molecule has 4 heteroatoms. The maximum absolute atomic E-state index is 5.58. The van der Waals surface area contributed by atoms with Gasteiger partial charge in [-0.1, -0.05) is 12.2 Å². The average Bonchev–Trinajstić information content (AvgIpc) is 2.45. The van der Waals surface area contributed by atoms with Crippen LogP contribution in [0.15, 0.2) is 12.2 Å². The first-order chi connectivity index (χ1) is 8.95. The molecule has 0 aromatic carbocycles. The second-order valence-electron chi connectivity index (χ2n) is 4.73. The standard InChI is InChI=1S/C14H24O4/c1-3-9-15-13(7-1)17-11-5-6-12-18-14-8-2-4-10-16-14/h5-6,13-14H,1-4,7-12H2. The predicted molar refractivity (Wildman–Crippen MR) is 68.2 cm³/mol. The van der Waals surface area contributed by atoms with Crippen molar-refractivity contribution < 1.29 is 18.9 Å². The molecule has 2 aliphatic rings. The molecule has 0 aromatic rings. The topological polar surface area (TPSA) is 36.9 Å². The van der Waals surface area contributed by atoms with Gasteiger partial charge in [0.2, 0.25) is 0 Å². The van der Waals surface area contributed by atoms with Gasteiger partial charge in [-0.05, 0) is 38.5 Å². The molecule has 2 aliphatic heterocycles. The van der Waals surface area contributed by atoms with Gasteiger partial charge in [0.15, 0.2) is 12.6 Å². The van der Waals surface area contributed by atoms with E-state index in [9.17, 15) is 0 Å². The number of hydrogen-bond acceptors (Lipinski definition) is 4. The minimum Gasteiger partial charge on any atom is -0.353 e. The molecule has 0 radical (unpaired) electrons. The zero-order valence-corrected chi connectivity index (χ0v) is 11.0. The van der Waals surface area contributed by atoms with E-state index in [4.69, 9.17) is 18.9 Å². The molecular weight excluding hydrogens is 232 g/mol. The van der Waals surface area contributed by atoms with E-state index in [1.165, 1.54) is 12.8 Å². The Bertz CT molecular complexity index is 206. The molecule has 2 unspecified atom stereocenters. The van der Waals surface area contributed by atoms with Crippen molar-refractivity contribution in [1.82, 2.24) is 0 Å². The van der Waals surface area contributed by atoms with Crippen molar-refractivity contribution in [2.24, 2.45) is 0 Å². The van der Waals surface area contributed by atoms with Crippen LogP contribution < -0.4 is 0 Å². The molecule has 0 N–H and O–H groups in total. The molecule has 2 atom stereocenters. The third-order valence-corrected chi connectivity index (χ3v) is 3.20. The van der Waals surface area contributed by atoms with Crippen LogP contribution in [0.1, 0.15) is 38.5 Å². The van der Waals surface area contributed by atoms with E-state index in [0.29, 0.717) is 13.2 Å². The third kappa shape index (κ3) is 5.48. The summed E-state index contributed by atoms with van der Waals surface area (Å²) in [5, 5.41) is 0. The van der Waals surface area contributed by atoms with Crippen molar-refractivity contribution in [3.8, 4) is 0 Å². The summed E-state index contributed by atoms with van der Waals surface area (Å²) in [4.78, 5) is 0. The quantitative estimate of drug-likeness (QED) is 0.685. The summed E-state index contributed by atoms with van der Waals surface area (Å²) < 4.78 is 22.1. The van der Waals surface area contributed by atoms with Gasteiger partial charge in [-0.3, -0.25) is 0 Å². The predicted octanol–water partition coefficient (Wildman–Crippen LogP) is 2.63. The van der Waals surface area contributed by atoms with Gasteiger partial charge in [-0.15, -0.1) is 0 Å². The monoisotopic (exact) mass is 256 g/mol. The lowest BCUT2D eigenvalue weighted by Crippen LogP contribution is -2.22. The van der Waals surface area contributed by atoms with Crippen LogP contribution >= 0.6 is 0 Å². The summed E-state index contributed by atoms with van der Waals surface area (Å²) in [5.74, 6) is 0. The first-order valence-corrected chi connectivity index (χ1v) is 7.06. The maximum Gasteiger partial charge on any atom is 0.157 e. The minimum atomic E-state index is -0.00834. The Morgan fingerprint density at radius 3 is 1.67 bits per heavy atom. The number of rotatable bonds is 6. The Hall–Kier alpha value is -0.420. The highest BCUT2D eigenvalue weighted by molar-refractivity contribution is 4.81. The summed E-state index contributed by atoms with van der Waals surface area (Å²) in [5.41, 5.74) is 0. The van der Waals surface area contributed by atoms with Gasteiger partial charge >= 0.3 is 0 Å². The van der Waals surface area contributed by atoms with E-state index in [0.717, 1.165) is 38.9 Å². The van der Waals surface area contributed by atoms with Crippen LogP contribution in [0.25, 0.3) is 0 Å². The van der Waals surface area contributed by atoms with Crippen LogP contribution in [0.2, 0.25) is 0 Å². The molecule has 0 bridgehead atoms. The van der Waals surface area contributed by atoms with E-state index in [1.807, 2.05) is 12.2 Å². The Balaban J connectivity index is 1.46.